The van der Waals surface area contributed by atoms with Gasteiger partial charge >= 0.3 is 5.97 Å². The van der Waals surface area contributed by atoms with E-state index in [-0.39, 0.29) is 11.1 Å². The molecule has 0 saturated heterocycles. The number of hydrogen-bond acceptors (Lipinski definition) is 3. The molecule has 0 aromatic heterocycles. The van der Waals surface area contributed by atoms with E-state index in [9.17, 15) is 9.90 Å². The normalized spacial score (nSPS) is 13.9. The van der Waals surface area contributed by atoms with Crippen molar-refractivity contribution in [1.82, 2.24) is 0 Å². The Hall–Kier alpha value is -1.17. The molecule has 0 radical (unpaired) electrons. The minimum Gasteiger partial charge on any atom is -0.478 e. The van der Waals surface area contributed by atoms with E-state index in [1.165, 1.54) is 0 Å². The van der Waals surface area contributed by atoms with Gasteiger partial charge in [-0.1, -0.05) is 39.0 Å². The van der Waals surface area contributed by atoms with Crippen molar-refractivity contribution in [2.24, 2.45) is 0 Å². The third kappa shape index (κ3) is 4.93. The third-order valence-electron chi connectivity index (χ3n) is 4.46. The first-order valence-electron chi connectivity index (χ1n) is 7.56. The van der Waals surface area contributed by atoms with E-state index >= 15 is 0 Å². The first-order chi connectivity index (χ1) is 10.1. The van der Waals surface area contributed by atoms with Crippen LogP contribution in [0.4, 0.5) is 0 Å². The van der Waals surface area contributed by atoms with Gasteiger partial charge in [0.15, 0.2) is 8.32 Å². The SMILES string of the molecule is COC(CO[Si](C)(C)C(C)(C)C)Cc1ccccc1C(=O)O. The van der Waals surface area contributed by atoms with Gasteiger partial charge in [0, 0.05) is 13.5 Å². The Labute approximate surface area is 134 Å². The number of rotatable bonds is 7. The number of aromatic carboxylic acids is 1. The van der Waals surface area contributed by atoms with Crippen molar-refractivity contribution in [1.29, 1.82) is 0 Å². The molecule has 5 heteroatoms. The van der Waals surface area contributed by atoms with Gasteiger partial charge in [0.05, 0.1) is 18.3 Å². The summed E-state index contributed by atoms with van der Waals surface area (Å²) in [5, 5.41) is 9.39. The van der Waals surface area contributed by atoms with E-state index in [2.05, 4.69) is 33.9 Å². The van der Waals surface area contributed by atoms with Gasteiger partial charge in [-0.25, -0.2) is 4.79 Å². The Balaban J connectivity index is 2.77. The molecule has 0 aliphatic rings. The molecule has 1 unspecified atom stereocenters. The van der Waals surface area contributed by atoms with Crippen LogP contribution in [0, 0.1) is 0 Å². The summed E-state index contributed by atoms with van der Waals surface area (Å²) >= 11 is 0. The Morgan fingerprint density at radius 3 is 2.36 bits per heavy atom. The van der Waals surface area contributed by atoms with Crippen LogP contribution in [0.15, 0.2) is 24.3 Å². The van der Waals surface area contributed by atoms with Crippen molar-refractivity contribution < 1.29 is 19.1 Å². The maximum atomic E-state index is 11.3. The smallest absolute Gasteiger partial charge is 0.335 e. The number of hydrogen-bond donors (Lipinski definition) is 1. The lowest BCUT2D eigenvalue weighted by Crippen LogP contribution is -2.43. The van der Waals surface area contributed by atoms with E-state index in [1.54, 1.807) is 19.2 Å². The van der Waals surface area contributed by atoms with Crippen LogP contribution in [0.1, 0.15) is 36.7 Å². The molecule has 0 aliphatic heterocycles. The first-order valence-corrected chi connectivity index (χ1v) is 10.5. The van der Waals surface area contributed by atoms with E-state index in [0.717, 1.165) is 5.56 Å². The van der Waals surface area contributed by atoms with Gasteiger partial charge in [-0.3, -0.25) is 0 Å². The second-order valence-electron chi connectivity index (χ2n) is 7.10. The number of ether oxygens (including phenoxy) is 1. The van der Waals surface area contributed by atoms with Gasteiger partial charge in [-0.2, -0.15) is 0 Å². The molecular weight excluding hydrogens is 296 g/mol. The van der Waals surface area contributed by atoms with Crippen LogP contribution < -0.4 is 0 Å². The van der Waals surface area contributed by atoms with Crippen LogP contribution >= 0.6 is 0 Å². The van der Waals surface area contributed by atoms with Gasteiger partial charge in [-0.15, -0.1) is 0 Å². The number of carbonyl (C=O) groups is 1. The fourth-order valence-corrected chi connectivity index (χ4v) is 2.92. The molecule has 0 aliphatic carbocycles. The summed E-state index contributed by atoms with van der Waals surface area (Å²) in [6, 6.07) is 7.05. The average molecular weight is 324 g/mol. The lowest BCUT2D eigenvalue weighted by Gasteiger charge is -2.37. The fourth-order valence-electron chi connectivity index (χ4n) is 1.88. The van der Waals surface area contributed by atoms with Crippen molar-refractivity contribution in [3.8, 4) is 0 Å². The molecule has 1 atom stereocenters. The Kier molecular flexibility index (Phi) is 6.34. The van der Waals surface area contributed by atoms with E-state index in [4.69, 9.17) is 9.16 Å². The van der Waals surface area contributed by atoms with Crippen LogP contribution in [0.5, 0.6) is 0 Å². The molecule has 4 nitrogen and oxygen atoms in total. The van der Waals surface area contributed by atoms with Crippen LogP contribution in [0.3, 0.4) is 0 Å². The number of methoxy groups -OCH3 is 1. The molecular formula is C17H28O4Si. The molecule has 0 heterocycles. The topological polar surface area (TPSA) is 55.8 Å². The lowest BCUT2D eigenvalue weighted by atomic mass is 10.0. The number of benzene rings is 1. The van der Waals surface area contributed by atoms with Crippen LogP contribution in [0.2, 0.25) is 18.1 Å². The van der Waals surface area contributed by atoms with Crippen molar-refractivity contribution in [2.45, 2.75) is 51.4 Å². The average Bonchev–Trinajstić information content (AvgIpc) is 2.42. The van der Waals surface area contributed by atoms with Gasteiger partial charge in [0.2, 0.25) is 0 Å². The van der Waals surface area contributed by atoms with E-state index < -0.39 is 14.3 Å². The van der Waals surface area contributed by atoms with Crippen LogP contribution in [-0.2, 0) is 15.6 Å². The number of carboxylic acids is 1. The van der Waals surface area contributed by atoms with Gasteiger partial charge in [-0.05, 0) is 29.8 Å². The van der Waals surface area contributed by atoms with Crippen molar-refractivity contribution in [3.63, 3.8) is 0 Å². The van der Waals surface area contributed by atoms with Crippen molar-refractivity contribution in [3.05, 3.63) is 35.4 Å². The summed E-state index contributed by atoms with van der Waals surface area (Å²) in [6.45, 7) is 11.5. The molecule has 0 spiro atoms. The predicted octanol–water partition coefficient (Wildman–Crippen LogP) is 3.96. The van der Waals surface area contributed by atoms with Crippen molar-refractivity contribution in [2.75, 3.05) is 13.7 Å². The first kappa shape index (κ1) is 18.9. The summed E-state index contributed by atoms with van der Waals surface area (Å²) < 4.78 is 11.7. The summed E-state index contributed by atoms with van der Waals surface area (Å²) in [5.74, 6) is -0.907. The van der Waals surface area contributed by atoms with Crippen molar-refractivity contribution >= 4 is 14.3 Å². The highest BCUT2D eigenvalue weighted by molar-refractivity contribution is 6.74. The summed E-state index contributed by atoms with van der Waals surface area (Å²) in [4.78, 5) is 11.3. The molecule has 0 fully saturated rings. The standard InChI is InChI=1S/C17H28O4Si/c1-17(2,3)22(5,6)21-12-14(20-4)11-13-9-7-8-10-15(13)16(18)19/h7-10,14H,11-12H2,1-6H3,(H,18,19). The molecule has 1 aromatic rings. The van der Waals surface area contributed by atoms with Gasteiger partial charge in [0.25, 0.3) is 0 Å². The zero-order valence-electron chi connectivity index (χ0n) is 14.5. The molecule has 0 amide bonds. The second kappa shape index (κ2) is 7.40. The largest absolute Gasteiger partial charge is 0.478 e. The quantitative estimate of drug-likeness (QED) is 0.771. The maximum absolute atomic E-state index is 11.3. The minimum atomic E-state index is -1.83. The van der Waals surface area contributed by atoms with Crippen LogP contribution in [-0.4, -0.2) is 39.2 Å². The highest BCUT2D eigenvalue weighted by Gasteiger charge is 2.37. The molecule has 0 bridgehead atoms. The second-order valence-corrected chi connectivity index (χ2v) is 11.9. The molecule has 1 N–H and O–H groups in total. The third-order valence-corrected chi connectivity index (χ3v) is 8.97. The number of carboxylic acid groups (broad SMARTS) is 1. The Morgan fingerprint density at radius 1 is 1.27 bits per heavy atom. The summed E-state index contributed by atoms with van der Waals surface area (Å²) in [5.41, 5.74) is 1.11. The zero-order chi connectivity index (χ0) is 17.0. The Morgan fingerprint density at radius 2 is 1.86 bits per heavy atom. The van der Waals surface area contributed by atoms with E-state index in [0.29, 0.717) is 18.6 Å². The minimum absolute atomic E-state index is 0.143. The molecule has 22 heavy (non-hydrogen) atoms. The monoisotopic (exact) mass is 324 g/mol. The molecule has 1 rings (SSSR count). The maximum Gasteiger partial charge on any atom is 0.335 e. The highest BCUT2D eigenvalue weighted by atomic mass is 28.4. The molecule has 1 aromatic carbocycles. The molecule has 0 saturated carbocycles. The fraction of sp³-hybridized carbons (Fsp3) is 0.588. The van der Waals surface area contributed by atoms with Gasteiger partial charge < -0.3 is 14.3 Å². The predicted molar refractivity (Wildman–Crippen MR) is 91.1 cm³/mol. The summed E-state index contributed by atoms with van der Waals surface area (Å²) in [7, 11) is -0.191. The van der Waals surface area contributed by atoms with E-state index in [1.807, 2.05) is 12.1 Å². The zero-order valence-corrected chi connectivity index (χ0v) is 15.5. The molecule has 124 valence electrons. The lowest BCUT2D eigenvalue weighted by molar-refractivity contribution is 0.0528. The van der Waals surface area contributed by atoms with Gasteiger partial charge in [0.1, 0.15) is 0 Å². The Bertz CT molecular complexity index is 506. The summed E-state index contributed by atoms with van der Waals surface area (Å²) in [6.07, 6.45) is 0.391. The van der Waals surface area contributed by atoms with Crippen LogP contribution in [0.25, 0.3) is 0 Å². The highest BCUT2D eigenvalue weighted by Crippen LogP contribution is 2.36.